The van der Waals surface area contributed by atoms with Crippen LogP contribution >= 0.6 is 0 Å². The molecule has 0 bridgehead atoms. The summed E-state index contributed by atoms with van der Waals surface area (Å²) in [6.45, 7) is 2.63. The molecule has 0 aromatic rings. The summed E-state index contributed by atoms with van der Waals surface area (Å²) in [4.78, 5) is 13.3. The topological polar surface area (TPSA) is 228 Å². The van der Waals surface area contributed by atoms with E-state index in [1.807, 2.05) is 12.2 Å². The molecule has 0 radical (unpaired) electrons. The van der Waals surface area contributed by atoms with Gasteiger partial charge < -0.3 is 65.1 Å². The number of aliphatic hydroxyl groups excluding tert-OH is 8. The standard InChI is InChI=1S/C78H129NO13/c1-3-5-7-9-11-13-15-17-19-21-23-25-27-29-31-33-35-37-39-41-43-45-47-49-51-53-55-57-59-61-67(82)66(65-89-77-75(88)73(86)76(69(64-81)91-77)92-78-74(87)72(85)71(84)68(63-80)90-78)79-70(83)62-60-58-56-54-52-50-48-46-44-42-40-38-36-34-32-30-28-26-24-22-20-18-16-14-12-10-8-6-4-2/h6,8,12,14,18,20,24,26,30,32,36,38,42-45,48,50-51,53-54,56,59,61,66-69,71-78,80-82,84-88H,3-5,7,9-11,13,15-17,19,21-23,25,27-29,31,33-35,37,39-41,46-47,49,52,55,57-58,60,62-65H2,1-2H3,(H,79,83)/b8-6-,14-12-,20-18-,26-24-,32-30-,38-36-,44-42-,45-43+,50-48-,53-51+,56-54-,61-59+. The van der Waals surface area contributed by atoms with Crippen molar-refractivity contribution in [1.82, 2.24) is 5.32 Å². The second-order valence-electron chi connectivity index (χ2n) is 24.6. The van der Waals surface area contributed by atoms with E-state index >= 15 is 0 Å². The number of hydrogen-bond donors (Lipinski definition) is 9. The largest absolute Gasteiger partial charge is 0.394 e. The summed E-state index contributed by atoms with van der Waals surface area (Å²) in [6, 6.07) is -0.983. The third-order valence-electron chi connectivity index (χ3n) is 16.5. The maximum Gasteiger partial charge on any atom is 0.220 e. The lowest BCUT2D eigenvalue weighted by Crippen LogP contribution is -2.65. The molecule has 2 heterocycles. The van der Waals surface area contributed by atoms with Crippen LogP contribution < -0.4 is 5.32 Å². The van der Waals surface area contributed by atoms with Gasteiger partial charge in [0.25, 0.3) is 0 Å². The van der Waals surface area contributed by atoms with Gasteiger partial charge in [0, 0.05) is 6.42 Å². The Morgan fingerprint density at radius 1 is 0.402 bits per heavy atom. The number of rotatable bonds is 57. The molecule has 0 spiro atoms. The first-order chi connectivity index (χ1) is 45.1. The molecular weight excluding hydrogens is 1160 g/mol. The first-order valence-electron chi connectivity index (χ1n) is 36.1. The van der Waals surface area contributed by atoms with E-state index in [4.69, 9.17) is 18.9 Å². The molecule has 14 heteroatoms. The van der Waals surface area contributed by atoms with E-state index in [-0.39, 0.29) is 18.9 Å². The van der Waals surface area contributed by atoms with Crippen molar-refractivity contribution in [1.29, 1.82) is 0 Å². The van der Waals surface area contributed by atoms with E-state index in [1.165, 1.54) is 122 Å². The Morgan fingerprint density at radius 3 is 1.20 bits per heavy atom. The molecule has 2 aliphatic rings. The van der Waals surface area contributed by atoms with E-state index in [0.717, 1.165) is 83.5 Å². The van der Waals surface area contributed by atoms with Crippen molar-refractivity contribution in [3.05, 3.63) is 146 Å². The van der Waals surface area contributed by atoms with Crippen molar-refractivity contribution >= 4 is 5.91 Å². The zero-order valence-corrected chi connectivity index (χ0v) is 57.0. The summed E-state index contributed by atoms with van der Waals surface area (Å²) in [5, 5.41) is 87.4. The van der Waals surface area contributed by atoms with Gasteiger partial charge in [0.2, 0.25) is 5.91 Å². The van der Waals surface area contributed by atoms with Gasteiger partial charge in [-0.05, 0) is 109 Å². The summed E-state index contributed by atoms with van der Waals surface area (Å²) in [5.74, 6) is -0.316. The normalized spacial score (nSPS) is 23.6. The Morgan fingerprint density at radius 2 is 0.761 bits per heavy atom. The lowest BCUT2D eigenvalue weighted by atomic mass is 9.97. The van der Waals surface area contributed by atoms with Crippen LogP contribution in [0.5, 0.6) is 0 Å². The summed E-state index contributed by atoms with van der Waals surface area (Å²) >= 11 is 0. The number of allylic oxidation sites excluding steroid dienone is 23. The minimum atomic E-state index is -1.81. The van der Waals surface area contributed by atoms with Crippen LogP contribution in [-0.4, -0.2) is 140 Å². The van der Waals surface area contributed by atoms with Gasteiger partial charge in [0.05, 0.1) is 32.0 Å². The number of ether oxygens (including phenoxy) is 4. The molecule has 2 rings (SSSR count). The van der Waals surface area contributed by atoms with E-state index in [1.54, 1.807) is 6.08 Å². The summed E-state index contributed by atoms with van der Waals surface area (Å²) in [6.07, 6.45) is 74.8. The molecule has 2 aliphatic heterocycles. The fourth-order valence-electron chi connectivity index (χ4n) is 10.8. The lowest BCUT2D eigenvalue weighted by molar-refractivity contribution is -0.359. The van der Waals surface area contributed by atoms with E-state index in [0.29, 0.717) is 19.3 Å². The van der Waals surface area contributed by atoms with Gasteiger partial charge >= 0.3 is 0 Å². The molecule has 0 aliphatic carbocycles. The predicted octanol–water partition coefficient (Wildman–Crippen LogP) is 15.2. The van der Waals surface area contributed by atoms with Crippen molar-refractivity contribution in [2.45, 2.75) is 319 Å². The third kappa shape index (κ3) is 43.8. The molecule has 12 atom stereocenters. The van der Waals surface area contributed by atoms with Crippen LogP contribution in [0.1, 0.15) is 245 Å². The number of carbonyl (C=O) groups excluding carboxylic acids is 1. The van der Waals surface area contributed by atoms with Gasteiger partial charge in [-0.1, -0.05) is 275 Å². The molecule has 0 aromatic carbocycles. The van der Waals surface area contributed by atoms with Crippen molar-refractivity contribution in [3.63, 3.8) is 0 Å². The quantitative estimate of drug-likeness (QED) is 0.0204. The van der Waals surface area contributed by atoms with Crippen molar-refractivity contribution in [3.8, 4) is 0 Å². The van der Waals surface area contributed by atoms with Gasteiger partial charge in [-0.15, -0.1) is 0 Å². The van der Waals surface area contributed by atoms with E-state index in [9.17, 15) is 45.6 Å². The average molecular weight is 1290 g/mol. The van der Waals surface area contributed by atoms with Crippen molar-refractivity contribution in [2.24, 2.45) is 0 Å². The maximum atomic E-state index is 13.3. The van der Waals surface area contributed by atoms with E-state index in [2.05, 4.69) is 147 Å². The zero-order valence-electron chi connectivity index (χ0n) is 57.0. The molecule has 9 N–H and O–H groups in total. The molecule has 2 saturated heterocycles. The third-order valence-corrected chi connectivity index (χ3v) is 16.5. The Hall–Kier alpha value is -4.13. The Labute approximate surface area is 557 Å². The molecule has 2 fully saturated rings. The highest BCUT2D eigenvalue weighted by molar-refractivity contribution is 5.76. The van der Waals surface area contributed by atoms with Crippen LogP contribution in [0, 0.1) is 0 Å². The van der Waals surface area contributed by atoms with Gasteiger partial charge in [0.15, 0.2) is 12.6 Å². The Kier molecular flexibility index (Phi) is 55.2. The number of unbranched alkanes of at least 4 members (excludes halogenated alkanes) is 22. The molecule has 14 nitrogen and oxygen atoms in total. The van der Waals surface area contributed by atoms with Gasteiger partial charge in [-0.25, -0.2) is 0 Å². The molecule has 0 saturated carbocycles. The minimum absolute atomic E-state index is 0.180. The maximum absolute atomic E-state index is 13.3. The molecule has 12 unspecified atom stereocenters. The van der Waals surface area contributed by atoms with Crippen LogP contribution in [0.3, 0.4) is 0 Å². The van der Waals surface area contributed by atoms with Gasteiger partial charge in [-0.3, -0.25) is 4.79 Å². The first kappa shape index (κ1) is 84.0. The van der Waals surface area contributed by atoms with Crippen LogP contribution in [0.15, 0.2) is 146 Å². The summed E-state index contributed by atoms with van der Waals surface area (Å²) in [7, 11) is 0. The molecular formula is C78H129NO13. The van der Waals surface area contributed by atoms with Crippen molar-refractivity contribution in [2.75, 3.05) is 19.8 Å². The SMILES string of the molecule is CC/C=C\C/C=C\C/C=C\C/C=C\C/C=C\C/C=C\C/C=C\C/C=C\C/C=C\CCCC(=O)NC(COC1OC(CO)C(OC2OC(CO)C(O)C(O)C2O)C(O)C1O)C(O)/C=C/CC/C=C/CC/C=C/CCCCCCCCCCCCCCCCCCCCC. The van der Waals surface area contributed by atoms with Crippen molar-refractivity contribution < 1.29 is 64.6 Å². The molecule has 1 amide bonds. The highest BCUT2D eigenvalue weighted by Gasteiger charge is 2.51. The predicted molar refractivity (Wildman–Crippen MR) is 378 cm³/mol. The number of nitrogens with one attached hydrogen (secondary N) is 1. The smallest absolute Gasteiger partial charge is 0.220 e. The monoisotopic (exact) mass is 1290 g/mol. The summed E-state index contributed by atoms with van der Waals surface area (Å²) < 4.78 is 22.8. The fraction of sp³-hybridized carbons (Fsp3) is 0.679. The van der Waals surface area contributed by atoms with Crippen LogP contribution in [0.25, 0.3) is 0 Å². The number of carbonyl (C=O) groups is 1. The minimum Gasteiger partial charge on any atom is -0.394 e. The number of amides is 1. The molecule has 92 heavy (non-hydrogen) atoms. The highest BCUT2D eigenvalue weighted by atomic mass is 16.7. The van der Waals surface area contributed by atoms with Gasteiger partial charge in [-0.2, -0.15) is 0 Å². The number of aliphatic hydroxyl groups is 8. The first-order valence-corrected chi connectivity index (χ1v) is 36.1. The Bertz CT molecular complexity index is 2110. The Balaban J connectivity index is 1.75. The fourth-order valence-corrected chi connectivity index (χ4v) is 10.8. The van der Waals surface area contributed by atoms with Crippen LogP contribution in [0.4, 0.5) is 0 Å². The van der Waals surface area contributed by atoms with Gasteiger partial charge in [0.1, 0.15) is 48.8 Å². The van der Waals surface area contributed by atoms with Crippen LogP contribution in [-0.2, 0) is 23.7 Å². The van der Waals surface area contributed by atoms with E-state index < -0.39 is 86.8 Å². The average Bonchev–Trinajstić information content (AvgIpc) is 0.836. The highest BCUT2D eigenvalue weighted by Crippen LogP contribution is 2.30. The zero-order chi connectivity index (χ0) is 66.6. The molecule has 0 aromatic heterocycles. The number of hydrogen-bond acceptors (Lipinski definition) is 13. The second kappa shape index (κ2) is 60.5. The molecule has 524 valence electrons. The second-order valence-corrected chi connectivity index (χ2v) is 24.6. The van der Waals surface area contributed by atoms with Crippen LogP contribution in [0.2, 0.25) is 0 Å². The summed E-state index contributed by atoms with van der Waals surface area (Å²) in [5.41, 5.74) is 0. The lowest BCUT2D eigenvalue weighted by Gasteiger charge is -2.46.